The van der Waals surface area contributed by atoms with Crippen molar-refractivity contribution >= 4 is 28.1 Å². The van der Waals surface area contributed by atoms with Crippen molar-refractivity contribution in [1.82, 2.24) is 4.98 Å². The van der Waals surface area contributed by atoms with Gasteiger partial charge in [0.2, 0.25) is 0 Å². The molecule has 1 aliphatic rings. The fourth-order valence-corrected chi connectivity index (χ4v) is 2.21. The van der Waals surface area contributed by atoms with E-state index in [2.05, 4.69) is 16.8 Å². The lowest BCUT2D eigenvalue weighted by Crippen LogP contribution is -2.45. The molecule has 0 saturated carbocycles. The topological polar surface area (TPSA) is 16.1 Å². The lowest BCUT2D eigenvalue weighted by Gasteiger charge is -2.38. The van der Waals surface area contributed by atoms with Gasteiger partial charge in [-0.15, -0.1) is 0 Å². The predicted molar refractivity (Wildman–Crippen MR) is 48.5 cm³/mol. The van der Waals surface area contributed by atoms with Gasteiger partial charge in [-0.3, -0.25) is 0 Å². The van der Waals surface area contributed by atoms with Crippen molar-refractivity contribution in [1.29, 1.82) is 0 Å². The Morgan fingerprint density at radius 3 is 3.00 bits per heavy atom. The Labute approximate surface area is 74.8 Å². The number of aromatic nitrogens is 1. The summed E-state index contributed by atoms with van der Waals surface area (Å²) in [5.41, 5.74) is 0. The second-order valence-electron chi connectivity index (χ2n) is 2.78. The van der Waals surface area contributed by atoms with Crippen LogP contribution in [-0.2, 0) is 0 Å². The maximum absolute atomic E-state index is 5.76. The molecule has 1 aromatic rings. The SMILES string of the molecule is CC1CCN1c1ncc(Cl)s1. The van der Waals surface area contributed by atoms with E-state index in [4.69, 9.17) is 11.6 Å². The lowest BCUT2D eigenvalue weighted by atomic mass is 10.1. The number of halogens is 1. The minimum absolute atomic E-state index is 0.650. The predicted octanol–water partition coefficient (Wildman–Crippen LogP) is 2.40. The number of anilines is 1. The van der Waals surface area contributed by atoms with Crippen LogP contribution in [0.2, 0.25) is 4.34 Å². The van der Waals surface area contributed by atoms with Crippen molar-refractivity contribution in [2.24, 2.45) is 0 Å². The zero-order valence-corrected chi connectivity index (χ0v) is 7.82. The van der Waals surface area contributed by atoms with Crippen molar-refractivity contribution in [3.63, 3.8) is 0 Å². The second kappa shape index (κ2) is 2.64. The second-order valence-corrected chi connectivity index (χ2v) is 4.42. The highest BCUT2D eigenvalue weighted by atomic mass is 35.5. The van der Waals surface area contributed by atoms with Gasteiger partial charge in [0.1, 0.15) is 4.34 Å². The van der Waals surface area contributed by atoms with Gasteiger partial charge >= 0.3 is 0 Å². The molecule has 1 aromatic heterocycles. The Bertz CT molecular complexity index is 261. The first kappa shape index (κ1) is 7.37. The number of nitrogens with zero attached hydrogens (tertiary/aromatic N) is 2. The van der Waals surface area contributed by atoms with Crippen LogP contribution < -0.4 is 4.90 Å². The fraction of sp³-hybridized carbons (Fsp3) is 0.571. The van der Waals surface area contributed by atoms with Crippen LogP contribution in [-0.4, -0.2) is 17.6 Å². The van der Waals surface area contributed by atoms with Crippen molar-refractivity contribution in [2.45, 2.75) is 19.4 Å². The van der Waals surface area contributed by atoms with Gasteiger partial charge in [0, 0.05) is 12.6 Å². The Balaban J connectivity index is 2.16. The summed E-state index contributed by atoms with van der Waals surface area (Å²) in [7, 11) is 0. The van der Waals surface area contributed by atoms with Gasteiger partial charge in [-0.2, -0.15) is 0 Å². The molecule has 4 heteroatoms. The van der Waals surface area contributed by atoms with Gasteiger partial charge in [-0.05, 0) is 13.3 Å². The third-order valence-electron chi connectivity index (χ3n) is 2.03. The van der Waals surface area contributed by atoms with Crippen molar-refractivity contribution in [3.8, 4) is 0 Å². The quantitative estimate of drug-likeness (QED) is 0.673. The van der Waals surface area contributed by atoms with E-state index in [9.17, 15) is 0 Å². The van der Waals surface area contributed by atoms with E-state index < -0.39 is 0 Å². The molecule has 0 radical (unpaired) electrons. The van der Waals surface area contributed by atoms with Crippen LogP contribution in [0.25, 0.3) is 0 Å². The van der Waals surface area contributed by atoms with E-state index >= 15 is 0 Å². The summed E-state index contributed by atoms with van der Waals surface area (Å²) >= 11 is 7.32. The molecule has 0 N–H and O–H groups in total. The molecule has 0 aliphatic carbocycles. The molecule has 0 spiro atoms. The maximum atomic E-state index is 5.76. The average molecular weight is 189 g/mol. The first-order valence-electron chi connectivity index (χ1n) is 3.65. The van der Waals surface area contributed by atoms with E-state index in [-0.39, 0.29) is 0 Å². The first-order chi connectivity index (χ1) is 5.27. The summed E-state index contributed by atoms with van der Waals surface area (Å²) < 4.78 is 0.777. The van der Waals surface area contributed by atoms with Crippen LogP contribution in [0.3, 0.4) is 0 Å². The van der Waals surface area contributed by atoms with E-state index in [1.807, 2.05) is 0 Å². The molecule has 1 unspecified atom stereocenters. The third-order valence-corrected chi connectivity index (χ3v) is 3.18. The fourth-order valence-electron chi connectivity index (χ4n) is 1.18. The van der Waals surface area contributed by atoms with Gasteiger partial charge < -0.3 is 4.90 Å². The van der Waals surface area contributed by atoms with E-state index in [0.717, 1.165) is 16.0 Å². The molecule has 60 valence electrons. The van der Waals surface area contributed by atoms with Crippen molar-refractivity contribution in [2.75, 3.05) is 11.4 Å². The van der Waals surface area contributed by atoms with Crippen LogP contribution in [0.1, 0.15) is 13.3 Å². The monoisotopic (exact) mass is 188 g/mol. The van der Waals surface area contributed by atoms with E-state index in [1.165, 1.54) is 6.42 Å². The molecule has 0 amide bonds. The molecule has 0 aromatic carbocycles. The molecule has 11 heavy (non-hydrogen) atoms. The Hall–Kier alpha value is -0.280. The Morgan fingerprint density at radius 2 is 2.64 bits per heavy atom. The largest absolute Gasteiger partial charge is 0.345 e. The zero-order chi connectivity index (χ0) is 7.84. The van der Waals surface area contributed by atoms with Crippen LogP contribution in [0.4, 0.5) is 5.13 Å². The normalized spacial score (nSPS) is 23.5. The van der Waals surface area contributed by atoms with Gasteiger partial charge in [-0.25, -0.2) is 4.98 Å². The molecule has 1 fully saturated rings. The highest BCUT2D eigenvalue weighted by Crippen LogP contribution is 2.31. The van der Waals surface area contributed by atoms with Crippen LogP contribution in [0.5, 0.6) is 0 Å². The summed E-state index contributed by atoms with van der Waals surface area (Å²) in [6.45, 7) is 3.34. The highest BCUT2D eigenvalue weighted by Gasteiger charge is 2.25. The standard InChI is InChI=1S/C7H9ClN2S/c1-5-2-3-10(5)7-9-4-6(8)11-7/h4-5H,2-3H2,1H3. The molecule has 1 saturated heterocycles. The summed E-state index contributed by atoms with van der Waals surface area (Å²) in [5.74, 6) is 0. The highest BCUT2D eigenvalue weighted by molar-refractivity contribution is 7.19. The number of hydrogen-bond donors (Lipinski definition) is 0. The van der Waals surface area contributed by atoms with Gasteiger partial charge in [0.25, 0.3) is 0 Å². The number of rotatable bonds is 1. The minimum atomic E-state index is 0.650. The van der Waals surface area contributed by atoms with E-state index in [0.29, 0.717) is 6.04 Å². The minimum Gasteiger partial charge on any atom is -0.345 e. The maximum Gasteiger partial charge on any atom is 0.186 e. The van der Waals surface area contributed by atoms with E-state index in [1.54, 1.807) is 17.5 Å². The molecule has 1 atom stereocenters. The molecule has 1 aliphatic heterocycles. The van der Waals surface area contributed by atoms with Crippen molar-refractivity contribution < 1.29 is 0 Å². The summed E-state index contributed by atoms with van der Waals surface area (Å²) in [6, 6.07) is 0.650. The van der Waals surface area contributed by atoms with Crippen LogP contribution in [0.15, 0.2) is 6.20 Å². The third kappa shape index (κ3) is 1.23. The van der Waals surface area contributed by atoms with Gasteiger partial charge in [0.05, 0.1) is 6.20 Å². The lowest BCUT2D eigenvalue weighted by molar-refractivity contribution is 0.480. The molecular formula is C7H9ClN2S. The first-order valence-corrected chi connectivity index (χ1v) is 4.85. The zero-order valence-electron chi connectivity index (χ0n) is 6.25. The Kier molecular flexibility index (Phi) is 1.77. The smallest absolute Gasteiger partial charge is 0.186 e. The van der Waals surface area contributed by atoms with Crippen LogP contribution in [0, 0.1) is 0 Å². The number of thiazole rings is 1. The average Bonchev–Trinajstić information content (AvgIpc) is 2.33. The number of hydrogen-bond acceptors (Lipinski definition) is 3. The molecule has 2 heterocycles. The molecular weight excluding hydrogens is 180 g/mol. The van der Waals surface area contributed by atoms with Gasteiger partial charge in [-0.1, -0.05) is 22.9 Å². The summed E-state index contributed by atoms with van der Waals surface area (Å²) in [4.78, 5) is 6.48. The van der Waals surface area contributed by atoms with Crippen LogP contribution >= 0.6 is 22.9 Å². The molecule has 2 nitrogen and oxygen atoms in total. The summed E-state index contributed by atoms with van der Waals surface area (Å²) in [5, 5.41) is 1.06. The molecule has 0 bridgehead atoms. The molecule has 2 rings (SSSR count). The Morgan fingerprint density at radius 1 is 1.82 bits per heavy atom. The van der Waals surface area contributed by atoms with Crippen molar-refractivity contribution in [3.05, 3.63) is 10.5 Å². The summed E-state index contributed by atoms with van der Waals surface area (Å²) in [6.07, 6.45) is 2.99. The van der Waals surface area contributed by atoms with Gasteiger partial charge in [0.15, 0.2) is 5.13 Å².